The van der Waals surface area contributed by atoms with E-state index in [0.717, 1.165) is 23.8 Å². The summed E-state index contributed by atoms with van der Waals surface area (Å²) in [7, 11) is 1.82. The highest BCUT2D eigenvalue weighted by molar-refractivity contribution is 7.92. The molecule has 1 aliphatic rings. The summed E-state index contributed by atoms with van der Waals surface area (Å²) in [6.45, 7) is 1.93. The SMILES string of the molecule is Cc1cc(N=S(C)(C)=O)cc2ncnc(Nc3ccc(F)cc3OC3CC(N(C)C)C3)c12. The van der Waals surface area contributed by atoms with Crippen molar-refractivity contribution in [2.24, 2.45) is 4.36 Å². The maximum Gasteiger partial charge on any atom is 0.146 e. The molecular weight excluding hydrogens is 429 g/mol. The molecule has 170 valence electrons. The van der Waals surface area contributed by atoms with Gasteiger partial charge in [-0.1, -0.05) is 0 Å². The van der Waals surface area contributed by atoms with Crippen molar-refractivity contribution >= 4 is 37.8 Å². The maximum absolute atomic E-state index is 14.0. The minimum absolute atomic E-state index is 0.0516. The molecule has 7 nitrogen and oxygen atoms in total. The van der Waals surface area contributed by atoms with Gasteiger partial charge in [0.05, 0.1) is 16.9 Å². The van der Waals surface area contributed by atoms with Crippen molar-refractivity contribution in [3.8, 4) is 5.75 Å². The van der Waals surface area contributed by atoms with Crippen LogP contribution in [0.1, 0.15) is 18.4 Å². The van der Waals surface area contributed by atoms with E-state index < -0.39 is 9.73 Å². The second kappa shape index (κ2) is 8.63. The van der Waals surface area contributed by atoms with E-state index in [0.29, 0.717) is 34.5 Å². The molecule has 0 radical (unpaired) electrons. The lowest BCUT2D eigenvalue weighted by molar-refractivity contribution is 0.0404. The molecule has 0 saturated heterocycles. The van der Waals surface area contributed by atoms with Gasteiger partial charge in [-0.15, -0.1) is 0 Å². The lowest BCUT2D eigenvalue weighted by atomic mass is 9.88. The van der Waals surface area contributed by atoms with Gasteiger partial charge in [0.15, 0.2) is 0 Å². The summed E-state index contributed by atoms with van der Waals surface area (Å²) >= 11 is 0. The van der Waals surface area contributed by atoms with Crippen LogP contribution < -0.4 is 10.1 Å². The van der Waals surface area contributed by atoms with Crippen LogP contribution in [0.2, 0.25) is 0 Å². The van der Waals surface area contributed by atoms with E-state index in [4.69, 9.17) is 4.74 Å². The lowest BCUT2D eigenvalue weighted by Gasteiger charge is -2.39. The third-order valence-corrected chi connectivity index (χ3v) is 6.19. The van der Waals surface area contributed by atoms with Gasteiger partial charge in [0.25, 0.3) is 0 Å². The first kappa shape index (κ1) is 22.4. The molecule has 1 saturated carbocycles. The second-order valence-corrected chi connectivity index (χ2v) is 11.3. The summed E-state index contributed by atoms with van der Waals surface area (Å²) in [4.78, 5) is 11.0. The molecule has 1 aliphatic carbocycles. The summed E-state index contributed by atoms with van der Waals surface area (Å²) in [6.07, 6.45) is 6.51. The average molecular weight is 458 g/mol. The fourth-order valence-corrected chi connectivity index (χ4v) is 4.45. The summed E-state index contributed by atoms with van der Waals surface area (Å²) in [6, 6.07) is 8.59. The van der Waals surface area contributed by atoms with E-state index in [1.165, 1.54) is 18.5 Å². The first-order valence-electron chi connectivity index (χ1n) is 10.4. The van der Waals surface area contributed by atoms with Gasteiger partial charge >= 0.3 is 0 Å². The number of aryl methyl sites for hydroxylation is 1. The van der Waals surface area contributed by atoms with Crippen molar-refractivity contribution in [3.05, 3.63) is 48.0 Å². The molecule has 0 aliphatic heterocycles. The smallest absolute Gasteiger partial charge is 0.146 e. The molecule has 1 fully saturated rings. The summed E-state index contributed by atoms with van der Waals surface area (Å²) in [5, 5.41) is 4.11. The van der Waals surface area contributed by atoms with E-state index in [1.54, 1.807) is 24.6 Å². The standard InChI is InChI=1S/C23H28FN5O2S/c1-14-8-16(28-32(4,5)30)10-20-22(14)23(26-13-25-20)27-19-7-6-15(24)9-21(19)31-18-11-17(12-18)29(2)3/h6-10,13,17-18H,11-12H2,1-5H3,(H,25,26,27). The number of hydrogen-bond acceptors (Lipinski definition) is 7. The molecule has 9 heteroatoms. The zero-order chi connectivity index (χ0) is 23.0. The Morgan fingerprint density at radius 1 is 1.19 bits per heavy atom. The topological polar surface area (TPSA) is 79.7 Å². The third kappa shape index (κ3) is 4.99. The van der Waals surface area contributed by atoms with Gasteiger partial charge in [-0.3, -0.25) is 0 Å². The molecule has 4 rings (SSSR count). The van der Waals surface area contributed by atoms with Gasteiger partial charge in [0.2, 0.25) is 0 Å². The van der Waals surface area contributed by atoms with Crippen molar-refractivity contribution in [2.75, 3.05) is 31.9 Å². The molecule has 0 atom stereocenters. The number of benzene rings is 2. The first-order chi connectivity index (χ1) is 15.1. The van der Waals surface area contributed by atoms with Crippen LogP contribution in [0.5, 0.6) is 5.75 Å². The molecule has 32 heavy (non-hydrogen) atoms. The van der Waals surface area contributed by atoms with Crippen molar-refractivity contribution < 1.29 is 13.3 Å². The Morgan fingerprint density at radius 2 is 1.94 bits per heavy atom. The number of aromatic nitrogens is 2. The molecule has 1 aromatic heterocycles. The molecule has 3 aromatic rings. The minimum Gasteiger partial charge on any atom is -0.488 e. The molecule has 0 spiro atoms. The highest BCUT2D eigenvalue weighted by Gasteiger charge is 2.32. The number of halogens is 1. The number of hydrogen-bond donors (Lipinski definition) is 1. The monoisotopic (exact) mass is 457 g/mol. The number of ether oxygens (including phenoxy) is 1. The van der Waals surface area contributed by atoms with Gasteiger partial charge in [0.1, 0.15) is 29.8 Å². The van der Waals surface area contributed by atoms with E-state index in [2.05, 4.69) is 38.6 Å². The molecule has 2 aromatic carbocycles. The van der Waals surface area contributed by atoms with Crippen molar-refractivity contribution in [2.45, 2.75) is 31.9 Å². The molecule has 0 amide bonds. The Hall–Kier alpha value is -2.78. The fraction of sp³-hybridized carbons (Fsp3) is 0.391. The van der Waals surface area contributed by atoms with Gasteiger partial charge in [-0.25, -0.2) is 18.6 Å². The Balaban J connectivity index is 1.66. The largest absolute Gasteiger partial charge is 0.488 e. The zero-order valence-corrected chi connectivity index (χ0v) is 19.7. The van der Waals surface area contributed by atoms with Crippen LogP contribution in [-0.4, -0.2) is 57.8 Å². The lowest BCUT2D eigenvalue weighted by Crippen LogP contribution is -2.46. The third-order valence-electron chi connectivity index (χ3n) is 5.54. The molecule has 1 heterocycles. The van der Waals surface area contributed by atoms with Crippen LogP contribution in [0.15, 0.2) is 41.0 Å². The Kier molecular flexibility index (Phi) is 6.05. The van der Waals surface area contributed by atoms with Crippen LogP contribution in [0.3, 0.4) is 0 Å². The summed E-state index contributed by atoms with van der Waals surface area (Å²) in [5.41, 5.74) is 2.83. The van der Waals surface area contributed by atoms with Gasteiger partial charge in [-0.2, -0.15) is 4.36 Å². The molecule has 1 N–H and O–H groups in total. The van der Waals surface area contributed by atoms with E-state index in [9.17, 15) is 8.60 Å². The Bertz CT molecular complexity index is 1270. The Morgan fingerprint density at radius 3 is 2.62 bits per heavy atom. The van der Waals surface area contributed by atoms with Crippen molar-refractivity contribution in [1.82, 2.24) is 14.9 Å². The molecule has 0 unspecified atom stereocenters. The second-order valence-electron chi connectivity index (χ2n) is 8.75. The average Bonchev–Trinajstić information content (AvgIpc) is 2.64. The predicted molar refractivity (Wildman–Crippen MR) is 127 cm³/mol. The van der Waals surface area contributed by atoms with Crippen molar-refractivity contribution in [1.29, 1.82) is 0 Å². The Labute approximate surface area is 188 Å². The van der Waals surface area contributed by atoms with Crippen LogP contribution in [0, 0.1) is 12.7 Å². The minimum atomic E-state index is -2.29. The zero-order valence-electron chi connectivity index (χ0n) is 18.9. The number of fused-ring (bicyclic) bond motifs is 1. The summed E-state index contributed by atoms with van der Waals surface area (Å²) in [5.74, 6) is 0.690. The van der Waals surface area contributed by atoms with E-state index in [-0.39, 0.29) is 11.9 Å². The van der Waals surface area contributed by atoms with Gasteiger partial charge in [-0.05, 0) is 63.7 Å². The van der Waals surface area contributed by atoms with Crippen LogP contribution in [-0.2, 0) is 9.73 Å². The van der Waals surface area contributed by atoms with E-state index in [1.807, 2.05) is 13.0 Å². The predicted octanol–water partition coefficient (Wildman–Crippen LogP) is 4.65. The maximum atomic E-state index is 14.0. The number of nitrogens with zero attached hydrogens (tertiary/aromatic N) is 4. The van der Waals surface area contributed by atoms with Crippen LogP contribution in [0.25, 0.3) is 10.9 Å². The molecule has 0 bridgehead atoms. The van der Waals surface area contributed by atoms with Gasteiger partial charge < -0.3 is 15.0 Å². The van der Waals surface area contributed by atoms with Crippen molar-refractivity contribution in [3.63, 3.8) is 0 Å². The highest BCUT2D eigenvalue weighted by atomic mass is 32.2. The number of anilines is 2. The number of rotatable bonds is 6. The quantitative estimate of drug-likeness (QED) is 0.580. The fourth-order valence-electron chi connectivity index (χ4n) is 3.83. The van der Waals surface area contributed by atoms with Crippen LogP contribution >= 0.6 is 0 Å². The van der Waals surface area contributed by atoms with Crippen LogP contribution in [0.4, 0.5) is 21.6 Å². The normalized spacial score (nSPS) is 18.5. The highest BCUT2D eigenvalue weighted by Crippen LogP contribution is 2.36. The first-order valence-corrected chi connectivity index (χ1v) is 12.7. The van der Waals surface area contributed by atoms with Gasteiger partial charge in [0, 0.05) is 39.7 Å². The summed E-state index contributed by atoms with van der Waals surface area (Å²) < 4.78 is 36.5. The number of nitrogens with one attached hydrogen (secondary N) is 1. The molecular formula is C23H28FN5O2S. The van der Waals surface area contributed by atoms with E-state index >= 15 is 0 Å².